The van der Waals surface area contributed by atoms with Crippen LogP contribution in [0.15, 0.2) is 84.4 Å². The molecule has 3 aliphatic rings. The molecule has 40 heavy (non-hydrogen) atoms. The third-order valence-electron chi connectivity index (χ3n) is 8.26. The summed E-state index contributed by atoms with van der Waals surface area (Å²) in [6, 6.07) is 26.7. The fourth-order valence-electron chi connectivity index (χ4n) is 6.34. The molecule has 202 valence electrons. The Morgan fingerprint density at radius 1 is 0.800 bits per heavy atom. The summed E-state index contributed by atoms with van der Waals surface area (Å²) in [5.41, 5.74) is 10.0. The molecule has 0 radical (unpaired) electrons. The molecule has 6 rings (SSSR count). The van der Waals surface area contributed by atoms with Crippen LogP contribution in [0.25, 0.3) is 17.0 Å². The van der Waals surface area contributed by atoms with Crippen LogP contribution >= 0.6 is 0 Å². The van der Waals surface area contributed by atoms with Gasteiger partial charge in [0.25, 0.3) is 5.91 Å². The first-order valence-electron chi connectivity index (χ1n) is 14.1. The molecule has 6 heteroatoms. The second-order valence-electron chi connectivity index (χ2n) is 10.7. The molecular formula is C34H33N3O3. The summed E-state index contributed by atoms with van der Waals surface area (Å²) in [6.45, 7) is 5.55. The van der Waals surface area contributed by atoms with Crippen LogP contribution in [0.4, 0.5) is 0 Å². The predicted molar refractivity (Wildman–Crippen MR) is 156 cm³/mol. The van der Waals surface area contributed by atoms with Gasteiger partial charge in [0.15, 0.2) is 0 Å². The van der Waals surface area contributed by atoms with Gasteiger partial charge in [0.2, 0.25) is 11.8 Å². The van der Waals surface area contributed by atoms with Crippen molar-refractivity contribution in [2.45, 2.75) is 52.1 Å². The Morgan fingerprint density at radius 3 is 2.17 bits per heavy atom. The Hall–Kier alpha value is -4.45. The molecular weight excluding hydrogens is 498 g/mol. The molecule has 6 nitrogen and oxygen atoms in total. The minimum Gasteiger partial charge on any atom is -0.341 e. The number of amides is 3. The molecule has 1 N–H and O–H groups in total. The monoisotopic (exact) mass is 531 g/mol. The van der Waals surface area contributed by atoms with Crippen molar-refractivity contribution < 1.29 is 14.4 Å². The zero-order valence-corrected chi connectivity index (χ0v) is 22.9. The molecule has 3 aromatic carbocycles. The summed E-state index contributed by atoms with van der Waals surface area (Å²) in [5, 5.41) is 2.39. The number of imide groups is 1. The standard InChI is InChI=1S/C34H33N3O3/c1-3-36-31(22(2)14-16-27(23-10-6-4-7-11-23)32(36)24-12-8-5-9-13-24)25-15-17-28-26(20-25)21-37(34(28)40)29-18-19-30(38)35-33(29)39/h4-13,15,17,20,29H,3,14,16,18-19,21H2,1-2H3,(H,35,38,39). The minimum atomic E-state index is -0.618. The highest BCUT2D eigenvalue weighted by Gasteiger charge is 2.39. The molecule has 1 saturated heterocycles. The number of allylic oxidation sites excluding steroid dienone is 2. The summed E-state index contributed by atoms with van der Waals surface area (Å²) >= 11 is 0. The molecule has 0 spiro atoms. The van der Waals surface area contributed by atoms with Gasteiger partial charge in [-0.1, -0.05) is 66.7 Å². The summed E-state index contributed by atoms with van der Waals surface area (Å²) in [7, 11) is 0. The van der Waals surface area contributed by atoms with E-state index < -0.39 is 6.04 Å². The van der Waals surface area contributed by atoms with Gasteiger partial charge in [-0.05, 0) is 78.6 Å². The van der Waals surface area contributed by atoms with E-state index >= 15 is 0 Å². The first-order valence-corrected chi connectivity index (χ1v) is 14.1. The molecule has 3 aromatic rings. The number of hydrogen-bond donors (Lipinski definition) is 1. The predicted octanol–water partition coefficient (Wildman–Crippen LogP) is 5.86. The highest BCUT2D eigenvalue weighted by molar-refractivity contribution is 6.05. The van der Waals surface area contributed by atoms with Crippen LogP contribution in [0.2, 0.25) is 0 Å². The number of hydrogen-bond acceptors (Lipinski definition) is 4. The summed E-state index contributed by atoms with van der Waals surface area (Å²) in [4.78, 5) is 41.6. The van der Waals surface area contributed by atoms with Crippen molar-refractivity contribution in [1.82, 2.24) is 15.1 Å². The molecule has 1 unspecified atom stereocenters. The Morgan fingerprint density at radius 2 is 1.50 bits per heavy atom. The first kappa shape index (κ1) is 25.8. The van der Waals surface area contributed by atoms with Crippen LogP contribution in [0.5, 0.6) is 0 Å². The van der Waals surface area contributed by atoms with E-state index in [0.29, 0.717) is 18.5 Å². The second kappa shape index (κ2) is 10.6. The van der Waals surface area contributed by atoms with E-state index in [0.717, 1.165) is 30.5 Å². The summed E-state index contributed by atoms with van der Waals surface area (Å²) in [6.07, 6.45) is 2.45. The van der Waals surface area contributed by atoms with Crippen molar-refractivity contribution >= 4 is 34.7 Å². The van der Waals surface area contributed by atoms with Gasteiger partial charge in [-0.15, -0.1) is 0 Å². The number of nitrogens with zero attached hydrogens (tertiary/aromatic N) is 2. The minimum absolute atomic E-state index is 0.147. The number of nitrogens with one attached hydrogen (secondary N) is 1. The highest BCUT2D eigenvalue weighted by Crippen LogP contribution is 2.43. The summed E-state index contributed by atoms with van der Waals surface area (Å²) < 4.78 is 0. The second-order valence-corrected chi connectivity index (χ2v) is 10.7. The Balaban J connectivity index is 1.42. The van der Waals surface area contributed by atoms with Crippen molar-refractivity contribution in [2.24, 2.45) is 0 Å². The molecule has 1 fully saturated rings. The number of fused-ring (bicyclic) bond motifs is 1. The largest absolute Gasteiger partial charge is 0.341 e. The third-order valence-corrected chi connectivity index (χ3v) is 8.26. The van der Waals surface area contributed by atoms with E-state index in [1.54, 1.807) is 4.90 Å². The van der Waals surface area contributed by atoms with Crippen molar-refractivity contribution in [3.63, 3.8) is 0 Å². The maximum Gasteiger partial charge on any atom is 0.255 e. The lowest BCUT2D eigenvalue weighted by molar-refractivity contribution is -0.136. The zero-order chi connectivity index (χ0) is 27.8. The van der Waals surface area contributed by atoms with Crippen molar-refractivity contribution in [1.29, 1.82) is 0 Å². The lowest BCUT2D eigenvalue weighted by Gasteiger charge is -2.31. The van der Waals surface area contributed by atoms with E-state index in [1.165, 1.54) is 33.7 Å². The molecule has 3 aliphatic heterocycles. The maximum absolute atomic E-state index is 13.3. The van der Waals surface area contributed by atoms with Crippen LogP contribution in [-0.4, -0.2) is 40.1 Å². The topological polar surface area (TPSA) is 69.7 Å². The van der Waals surface area contributed by atoms with E-state index in [9.17, 15) is 14.4 Å². The van der Waals surface area contributed by atoms with Crippen LogP contribution < -0.4 is 5.32 Å². The lowest BCUT2D eigenvalue weighted by atomic mass is 9.95. The Labute approximate surface area is 235 Å². The van der Waals surface area contributed by atoms with Gasteiger partial charge in [-0.25, -0.2) is 0 Å². The van der Waals surface area contributed by atoms with E-state index in [-0.39, 0.29) is 24.1 Å². The maximum atomic E-state index is 13.3. The van der Waals surface area contributed by atoms with Gasteiger partial charge in [0.05, 0.1) is 5.70 Å². The zero-order valence-electron chi connectivity index (χ0n) is 22.9. The van der Waals surface area contributed by atoms with Crippen molar-refractivity contribution in [3.05, 3.63) is 112 Å². The molecule has 0 aliphatic carbocycles. The SMILES string of the molecule is CCN1C(c2ccc3c(c2)CN(C2CCC(=O)NC2=O)C3=O)=C(C)CCC(c2ccccc2)=C1c1ccccc1. The first-order chi connectivity index (χ1) is 19.5. The van der Waals surface area contributed by atoms with Gasteiger partial charge < -0.3 is 9.80 Å². The van der Waals surface area contributed by atoms with E-state index in [4.69, 9.17) is 0 Å². The van der Waals surface area contributed by atoms with Gasteiger partial charge in [0.1, 0.15) is 6.04 Å². The van der Waals surface area contributed by atoms with Gasteiger partial charge in [-0.2, -0.15) is 0 Å². The lowest BCUT2D eigenvalue weighted by Crippen LogP contribution is -2.52. The molecule has 3 heterocycles. The molecule has 1 atom stereocenters. The fourth-order valence-corrected chi connectivity index (χ4v) is 6.34. The molecule has 3 amide bonds. The van der Waals surface area contributed by atoms with Crippen molar-refractivity contribution in [2.75, 3.05) is 6.54 Å². The smallest absolute Gasteiger partial charge is 0.255 e. The number of carbonyl (C=O) groups excluding carboxylic acids is 3. The Bertz CT molecular complexity index is 1560. The number of benzene rings is 3. The van der Waals surface area contributed by atoms with Crippen LogP contribution in [0, 0.1) is 0 Å². The van der Waals surface area contributed by atoms with Crippen molar-refractivity contribution in [3.8, 4) is 0 Å². The third kappa shape index (κ3) is 4.53. The van der Waals surface area contributed by atoms with Gasteiger partial charge in [-0.3, -0.25) is 19.7 Å². The van der Waals surface area contributed by atoms with Gasteiger partial charge in [0, 0.05) is 30.8 Å². The van der Waals surface area contributed by atoms with E-state index in [1.807, 2.05) is 18.2 Å². The average Bonchev–Trinajstić information content (AvgIpc) is 3.21. The van der Waals surface area contributed by atoms with Gasteiger partial charge >= 0.3 is 0 Å². The molecule has 0 bridgehead atoms. The van der Waals surface area contributed by atoms with E-state index in [2.05, 4.69) is 84.7 Å². The number of piperidine rings is 1. The van der Waals surface area contributed by atoms with Crippen LogP contribution in [0.1, 0.15) is 72.1 Å². The molecule has 0 aromatic heterocycles. The molecule has 0 saturated carbocycles. The summed E-state index contributed by atoms with van der Waals surface area (Å²) in [5.74, 6) is -0.810. The quantitative estimate of drug-likeness (QED) is 0.419. The highest BCUT2D eigenvalue weighted by atomic mass is 16.2. The normalized spacial score (nSPS) is 19.6. The number of carbonyl (C=O) groups is 3. The average molecular weight is 532 g/mol. The Kier molecular flexibility index (Phi) is 6.84. The fraction of sp³-hybridized carbons (Fsp3) is 0.265. The van der Waals surface area contributed by atoms with Crippen LogP contribution in [0.3, 0.4) is 0 Å². The van der Waals surface area contributed by atoms with Crippen LogP contribution in [-0.2, 0) is 16.1 Å². The number of rotatable bonds is 5.